The largest absolute Gasteiger partial charge is 0.381 e. The smallest absolute Gasteiger partial charge is 0.251 e. The third-order valence-corrected chi connectivity index (χ3v) is 6.65. The second-order valence-corrected chi connectivity index (χ2v) is 8.82. The van der Waals surface area contributed by atoms with Crippen LogP contribution in [0.1, 0.15) is 55.5 Å². The third-order valence-electron chi connectivity index (χ3n) is 6.65. The highest BCUT2D eigenvalue weighted by atomic mass is 16.5. The normalized spacial score (nSPS) is 21.1. The number of nitrogens with zero attached hydrogens (tertiary/aromatic N) is 4. The molecule has 1 fully saturated rings. The van der Waals surface area contributed by atoms with Crippen molar-refractivity contribution in [3.63, 3.8) is 0 Å². The van der Waals surface area contributed by atoms with E-state index in [1.165, 1.54) is 12.8 Å². The summed E-state index contributed by atoms with van der Waals surface area (Å²) >= 11 is 0. The van der Waals surface area contributed by atoms with Crippen molar-refractivity contribution in [3.8, 4) is 11.3 Å². The minimum Gasteiger partial charge on any atom is -0.381 e. The molecular weight excluding hydrogens is 390 g/mol. The Balaban J connectivity index is 1.35. The molecule has 2 atom stereocenters. The highest BCUT2D eigenvalue weighted by Crippen LogP contribution is 2.29. The van der Waals surface area contributed by atoms with E-state index >= 15 is 0 Å². The molecule has 1 N–H and O–H groups in total. The van der Waals surface area contributed by atoms with Crippen molar-refractivity contribution in [2.24, 2.45) is 5.92 Å². The molecule has 1 aromatic carbocycles. The first-order valence-electron chi connectivity index (χ1n) is 11.3. The van der Waals surface area contributed by atoms with E-state index in [0.29, 0.717) is 5.78 Å². The predicted octanol–water partition coefficient (Wildman–Crippen LogP) is 4.12. The molecule has 2 heterocycles. The van der Waals surface area contributed by atoms with E-state index < -0.39 is 0 Å². The molecule has 1 amide bonds. The Morgan fingerprint density at radius 2 is 1.97 bits per heavy atom. The molecular formula is C24H29N5O2. The van der Waals surface area contributed by atoms with Crippen LogP contribution in [0.2, 0.25) is 0 Å². The van der Waals surface area contributed by atoms with E-state index in [-0.39, 0.29) is 17.9 Å². The van der Waals surface area contributed by atoms with Gasteiger partial charge >= 0.3 is 0 Å². The Kier molecular flexibility index (Phi) is 5.44. The summed E-state index contributed by atoms with van der Waals surface area (Å²) in [5.74, 6) is 0.749. The number of ether oxygens (including phenoxy) is 1. The minimum absolute atomic E-state index is 0.0133. The van der Waals surface area contributed by atoms with Crippen molar-refractivity contribution in [3.05, 3.63) is 41.3 Å². The van der Waals surface area contributed by atoms with Crippen molar-refractivity contribution in [1.82, 2.24) is 19.6 Å². The van der Waals surface area contributed by atoms with E-state index in [2.05, 4.69) is 11.4 Å². The van der Waals surface area contributed by atoms with Crippen molar-refractivity contribution >= 4 is 17.4 Å². The molecule has 2 aliphatic rings. The van der Waals surface area contributed by atoms with E-state index in [9.17, 15) is 4.79 Å². The standard InChI is InChI=1S/C24H29N5O2/c1-15-12-16(10-11-19(15)25-23(30)17-6-5-7-18(13-17)31-2)22-14-29-24(27-22)26-20-8-3-4-9-21(20)28-29/h10-12,14,17-18H,3-9,13H2,1-2H3,(H,25,30)/t17-,18+/m1/s1. The van der Waals surface area contributed by atoms with Gasteiger partial charge in [0.1, 0.15) is 0 Å². The van der Waals surface area contributed by atoms with Crippen LogP contribution in [0, 0.1) is 12.8 Å². The topological polar surface area (TPSA) is 81.4 Å². The molecule has 1 saturated carbocycles. The molecule has 0 saturated heterocycles. The molecule has 0 radical (unpaired) electrons. The number of fused-ring (bicyclic) bond motifs is 2. The first-order valence-corrected chi connectivity index (χ1v) is 11.3. The van der Waals surface area contributed by atoms with Crippen LogP contribution in [0.25, 0.3) is 17.0 Å². The number of aromatic nitrogens is 4. The average molecular weight is 420 g/mol. The van der Waals surface area contributed by atoms with Gasteiger partial charge < -0.3 is 10.1 Å². The van der Waals surface area contributed by atoms with Crippen LogP contribution in [0.3, 0.4) is 0 Å². The van der Waals surface area contributed by atoms with E-state index in [1.54, 1.807) is 11.6 Å². The second-order valence-electron chi connectivity index (χ2n) is 8.82. The molecule has 3 aromatic rings. The third kappa shape index (κ3) is 4.06. The summed E-state index contributed by atoms with van der Waals surface area (Å²) in [6.07, 6.45) is 10.3. The van der Waals surface area contributed by atoms with E-state index in [4.69, 9.17) is 19.8 Å². The van der Waals surface area contributed by atoms with Gasteiger partial charge in [0.15, 0.2) is 0 Å². The lowest BCUT2D eigenvalue weighted by Gasteiger charge is -2.27. The van der Waals surface area contributed by atoms with Gasteiger partial charge in [-0.1, -0.05) is 12.5 Å². The molecule has 7 heteroatoms. The van der Waals surface area contributed by atoms with Crippen molar-refractivity contribution in [2.45, 2.75) is 64.4 Å². The lowest BCUT2D eigenvalue weighted by atomic mass is 9.86. The van der Waals surface area contributed by atoms with Gasteiger partial charge in [-0.05, 0) is 69.6 Å². The van der Waals surface area contributed by atoms with E-state index in [0.717, 1.165) is 72.4 Å². The van der Waals surface area contributed by atoms with Gasteiger partial charge in [0, 0.05) is 24.3 Å². The number of nitrogens with one attached hydrogen (secondary N) is 1. The van der Waals surface area contributed by atoms with Crippen LogP contribution in [0.15, 0.2) is 24.4 Å². The lowest BCUT2D eigenvalue weighted by molar-refractivity contribution is -0.122. The Morgan fingerprint density at radius 3 is 2.77 bits per heavy atom. The van der Waals surface area contributed by atoms with Gasteiger partial charge in [-0.25, -0.2) is 14.5 Å². The van der Waals surface area contributed by atoms with Crippen LogP contribution in [-0.2, 0) is 22.4 Å². The number of hydrogen-bond donors (Lipinski definition) is 1. The molecule has 31 heavy (non-hydrogen) atoms. The van der Waals surface area contributed by atoms with Crippen molar-refractivity contribution in [1.29, 1.82) is 0 Å². The molecule has 0 spiro atoms. The second kappa shape index (κ2) is 8.38. The van der Waals surface area contributed by atoms with Gasteiger partial charge in [-0.15, -0.1) is 0 Å². The summed E-state index contributed by atoms with van der Waals surface area (Å²) < 4.78 is 7.26. The Hall–Kier alpha value is -2.80. The summed E-state index contributed by atoms with van der Waals surface area (Å²) in [4.78, 5) is 22.2. The van der Waals surface area contributed by atoms with Crippen LogP contribution in [-0.4, -0.2) is 38.7 Å². The number of carbonyl (C=O) groups is 1. The Labute approximate surface area is 182 Å². The number of aryl methyl sites for hydroxylation is 3. The number of rotatable bonds is 4. The number of anilines is 1. The highest BCUT2D eigenvalue weighted by Gasteiger charge is 2.27. The molecule has 7 nitrogen and oxygen atoms in total. The molecule has 2 aromatic heterocycles. The maximum Gasteiger partial charge on any atom is 0.251 e. The first-order chi connectivity index (χ1) is 15.1. The van der Waals surface area contributed by atoms with Crippen LogP contribution in [0.5, 0.6) is 0 Å². The average Bonchev–Trinajstić information content (AvgIpc) is 3.21. The maximum absolute atomic E-state index is 12.8. The molecule has 5 rings (SSSR count). The molecule has 0 aliphatic heterocycles. The summed E-state index contributed by atoms with van der Waals surface area (Å²) in [6.45, 7) is 2.02. The summed E-state index contributed by atoms with van der Waals surface area (Å²) in [5.41, 5.74) is 5.89. The van der Waals surface area contributed by atoms with Crippen molar-refractivity contribution < 1.29 is 9.53 Å². The zero-order chi connectivity index (χ0) is 21.4. The fourth-order valence-electron chi connectivity index (χ4n) is 4.80. The van der Waals surface area contributed by atoms with Crippen LogP contribution >= 0.6 is 0 Å². The molecule has 0 bridgehead atoms. The monoisotopic (exact) mass is 419 g/mol. The number of carbonyl (C=O) groups excluding carboxylic acids is 1. The number of benzene rings is 1. The summed E-state index contributed by atoms with van der Waals surface area (Å²) in [6, 6.07) is 6.04. The summed E-state index contributed by atoms with van der Waals surface area (Å²) in [5, 5.41) is 7.85. The number of amides is 1. The maximum atomic E-state index is 12.8. The predicted molar refractivity (Wildman–Crippen MR) is 119 cm³/mol. The van der Waals surface area contributed by atoms with Gasteiger partial charge in [0.05, 0.1) is 29.4 Å². The summed E-state index contributed by atoms with van der Waals surface area (Å²) in [7, 11) is 1.73. The van der Waals surface area contributed by atoms with Gasteiger partial charge in [-0.2, -0.15) is 5.10 Å². The quantitative estimate of drug-likeness (QED) is 0.688. The molecule has 2 aliphatic carbocycles. The first kappa shape index (κ1) is 20.1. The Morgan fingerprint density at radius 1 is 1.13 bits per heavy atom. The zero-order valence-electron chi connectivity index (χ0n) is 18.2. The van der Waals surface area contributed by atoms with Crippen molar-refractivity contribution in [2.75, 3.05) is 12.4 Å². The fourth-order valence-corrected chi connectivity index (χ4v) is 4.80. The number of hydrogen-bond acceptors (Lipinski definition) is 5. The highest BCUT2D eigenvalue weighted by molar-refractivity contribution is 5.93. The van der Waals surface area contributed by atoms with Crippen LogP contribution in [0.4, 0.5) is 5.69 Å². The lowest BCUT2D eigenvalue weighted by Crippen LogP contribution is -2.31. The SMILES string of the molecule is CO[C@H]1CCC[C@@H](C(=O)Nc2ccc(-c3cn4nc5c(nc4n3)CCCC5)cc2C)C1. The van der Waals surface area contributed by atoms with Gasteiger partial charge in [0.25, 0.3) is 5.78 Å². The number of imidazole rings is 1. The molecule has 162 valence electrons. The van der Waals surface area contributed by atoms with Crippen LogP contribution < -0.4 is 5.32 Å². The Bertz CT molecular complexity index is 1080. The van der Waals surface area contributed by atoms with Gasteiger partial charge in [0.2, 0.25) is 5.91 Å². The van der Waals surface area contributed by atoms with E-state index in [1.807, 2.05) is 25.3 Å². The number of methoxy groups -OCH3 is 1. The minimum atomic E-state index is 0.0133. The van der Waals surface area contributed by atoms with Gasteiger partial charge in [-0.3, -0.25) is 4.79 Å². The molecule has 0 unspecified atom stereocenters. The zero-order valence-corrected chi connectivity index (χ0v) is 18.2. The fraction of sp³-hybridized carbons (Fsp3) is 0.500.